The first-order valence-corrected chi connectivity index (χ1v) is 9.67. The molecule has 1 aromatic heterocycles. The molecule has 1 fully saturated rings. The summed E-state index contributed by atoms with van der Waals surface area (Å²) in [5.74, 6) is 2.15. The number of fused-ring (bicyclic) bond motifs is 1. The zero-order chi connectivity index (χ0) is 17.6. The van der Waals surface area contributed by atoms with E-state index in [2.05, 4.69) is 17.2 Å². The lowest BCUT2D eigenvalue weighted by molar-refractivity contribution is 0.406. The molecule has 1 N–H and O–H groups in total. The highest BCUT2D eigenvalue weighted by atomic mass is 35.5. The zero-order valence-electron chi connectivity index (χ0n) is 14.0. The van der Waals surface area contributed by atoms with E-state index in [-0.39, 0.29) is 5.88 Å². The fourth-order valence-corrected chi connectivity index (χ4v) is 3.91. The van der Waals surface area contributed by atoms with E-state index in [0.717, 1.165) is 33.7 Å². The molecule has 2 heterocycles. The Morgan fingerprint density at radius 1 is 1.08 bits per heavy atom. The highest BCUT2D eigenvalue weighted by Crippen LogP contribution is 2.45. The monoisotopic (exact) mass is 371 g/mol. The Balaban J connectivity index is 1.83. The van der Waals surface area contributed by atoms with Crippen LogP contribution in [-0.4, -0.2) is 21.2 Å². The van der Waals surface area contributed by atoms with E-state index in [4.69, 9.17) is 11.6 Å². The van der Waals surface area contributed by atoms with Gasteiger partial charge in [0.05, 0.1) is 17.2 Å². The summed E-state index contributed by atoms with van der Waals surface area (Å²) in [6, 6.07) is 11.9. The van der Waals surface area contributed by atoms with Crippen LogP contribution in [0.2, 0.25) is 5.02 Å². The van der Waals surface area contributed by atoms with Crippen LogP contribution in [0, 0.1) is 13.8 Å². The molecule has 4 nitrogen and oxygen atoms in total. The fourth-order valence-electron chi connectivity index (χ4n) is 2.99. The molecule has 0 unspecified atom stereocenters. The van der Waals surface area contributed by atoms with E-state index in [1.165, 1.54) is 5.56 Å². The highest BCUT2D eigenvalue weighted by Gasteiger charge is 2.27. The second kappa shape index (κ2) is 6.39. The minimum Gasteiger partial charge on any atom is -0.493 e. The molecule has 128 valence electrons. The Morgan fingerprint density at radius 2 is 1.88 bits per heavy atom. The molecule has 4 rings (SSSR count). The van der Waals surface area contributed by atoms with E-state index in [0.29, 0.717) is 16.8 Å². The summed E-state index contributed by atoms with van der Waals surface area (Å²) in [4.78, 5) is 0. The molecule has 0 bridgehead atoms. The van der Waals surface area contributed by atoms with Gasteiger partial charge in [-0.05, 0) is 55.3 Å². The topological polar surface area (TPSA) is 49.9 Å². The normalized spacial score (nSPS) is 15.2. The van der Waals surface area contributed by atoms with Gasteiger partial charge in [-0.1, -0.05) is 17.7 Å². The maximum atomic E-state index is 10.8. The molecular weight excluding hydrogens is 354 g/mol. The van der Waals surface area contributed by atoms with Crippen molar-refractivity contribution in [1.82, 2.24) is 4.57 Å². The molecule has 0 spiro atoms. The molecule has 1 aliphatic rings. The van der Waals surface area contributed by atoms with E-state index in [1.54, 1.807) is 0 Å². The van der Waals surface area contributed by atoms with Crippen molar-refractivity contribution in [3.05, 3.63) is 52.5 Å². The molecule has 0 atom stereocenters. The number of aromatic hydroxyl groups is 1. The molecule has 2 aromatic carbocycles. The molecule has 1 saturated heterocycles. The number of benzene rings is 2. The third-order valence-corrected chi connectivity index (χ3v) is 6.13. The van der Waals surface area contributed by atoms with Crippen molar-refractivity contribution in [2.45, 2.75) is 19.9 Å². The second-order valence-corrected chi connectivity index (χ2v) is 7.87. The van der Waals surface area contributed by atoms with Gasteiger partial charge in [0.15, 0.2) is 5.69 Å². The van der Waals surface area contributed by atoms with Crippen molar-refractivity contribution >= 4 is 45.6 Å². The Labute approximate surface area is 155 Å². The Morgan fingerprint density at radius 3 is 2.56 bits per heavy atom. The minimum atomic E-state index is 0.162. The SMILES string of the molecule is Cc1ccc(N=Nc2c(O)n(C3CSC3)c3ccc(Cl)cc23)cc1C. The van der Waals surface area contributed by atoms with Crippen molar-refractivity contribution < 1.29 is 5.11 Å². The summed E-state index contributed by atoms with van der Waals surface area (Å²) in [5.41, 5.74) is 4.57. The molecule has 0 amide bonds. The molecule has 0 aliphatic carbocycles. The number of azo groups is 1. The van der Waals surface area contributed by atoms with Crippen LogP contribution >= 0.6 is 23.4 Å². The van der Waals surface area contributed by atoms with E-state index >= 15 is 0 Å². The van der Waals surface area contributed by atoms with E-state index < -0.39 is 0 Å². The van der Waals surface area contributed by atoms with Crippen LogP contribution in [0.3, 0.4) is 0 Å². The number of nitrogens with zero attached hydrogens (tertiary/aromatic N) is 3. The number of halogens is 1. The predicted octanol–water partition coefficient (Wildman–Crippen LogP) is 6.32. The van der Waals surface area contributed by atoms with Crippen LogP contribution < -0.4 is 0 Å². The summed E-state index contributed by atoms with van der Waals surface area (Å²) in [6.07, 6.45) is 0. The van der Waals surface area contributed by atoms with Gasteiger partial charge in [0.2, 0.25) is 5.88 Å². The lowest BCUT2D eigenvalue weighted by Crippen LogP contribution is -2.22. The Kier molecular flexibility index (Phi) is 4.21. The number of hydrogen-bond acceptors (Lipinski definition) is 4. The number of hydrogen-bond donors (Lipinski definition) is 1. The van der Waals surface area contributed by atoms with E-state index in [1.807, 2.05) is 59.7 Å². The number of rotatable bonds is 3. The molecule has 3 aromatic rings. The van der Waals surface area contributed by atoms with Gasteiger partial charge in [-0.25, -0.2) is 0 Å². The standard InChI is InChI=1S/C19H18ClN3OS/c1-11-3-5-14(7-12(11)2)21-22-18-16-8-13(20)4-6-17(16)23(19(18)24)15-9-25-10-15/h3-8,15,24H,9-10H2,1-2H3. The molecule has 25 heavy (non-hydrogen) atoms. The van der Waals surface area contributed by atoms with Crippen LogP contribution in [0.25, 0.3) is 10.9 Å². The fraction of sp³-hybridized carbons (Fsp3) is 0.263. The van der Waals surface area contributed by atoms with Crippen LogP contribution in [0.15, 0.2) is 46.6 Å². The van der Waals surface area contributed by atoms with E-state index in [9.17, 15) is 5.11 Å². The Bertz CT molecular complexity index is 992. The molecule has 6 heteroatoms. The van der Waals surface area contributed by atoms with Gasteiger partial charge in [0, 0.05) is 21.9 Å². The van der Waals surface area contributed by atoms with Crippen LogP contribution in [0.5, 0.6) is 5.88 Å². The van der Waals surface area contributed by atoms with Crippen molar-refractivity contribution in [1.29, 1.82) is 0 Å². The maximum Gasteiger partial charge on any atom is 0.221 e. The van der Waals surface area contributed by atoms with Crippen molar-refractivity contribution in [2.24, 2.45) is 10.2 Å². The average Bonchev–Trinajstić information content (AvgIpc) is 2.79. The van der Waals surface area contributed by atoms with Gasteiger partial charge < -0.3 is 9.67 Å². The van der Waals surface area contributed by atoms with Crippen molar-refractivity contribution in [2.75, 3.05) is 11.5 Å². The summed E-state index contributed by atoms with van der Waals surface area (Å²) < 4.78 is 1.96. The first-order chi connectivity index (χ1) is 12.0. The predicted molar refractivity (Wildman–Crippen MR) is 105 cm³/mol. The molecular formula is C19H18ClN3OS. The smallest absolute Gasteiger partial charge is 0.221 e. The summed E-state index contributed by atoms with van der Waals surface area (Å²) >= 11 is 8.04. The largest absolute Gasteiger partial charge is 0.493 e. The summed E-state index contributed by atoms with van der Waals surface area (Å²) in [7, 11) is 0. The Hall–Kier alpha value is -1.98. The van der Waals surface area contributed by atoms with Crippen LogP contribution in [0.4, 0.5) is 11.4 Å². The van der Waals surface area contributed by atoms with Gasteiger partial charge in [-0.2, -0.15) is 16.9 Å². The van der Waals surface area contributed by atoms with Gasteiger partial charge in [-0.3, -0.25) is 0 Å². The highest BCUT2D eigenvalue weighted by molar-refractivity contribution is 8.00. The first-order valence-electron chi connectivity index (χ1n) is 8.14. The summed E-state index contributed by atoms with van der Waals surface area (Å²) in [6.45, 7) is 4.11. The van der Waals surface area contributed by atoms with Crippen molar-refractivity contribution in [3.8, 4) is 5.88 Å². The molecule has 1 aliphatic heterocycles. The zero-order valence-corrected chi connectivity index (χ0v) is 15.6. The quantitative estimate of drug-likeness (QED) is 0.547. The average molecular weight is 372 g/mol. The van der Waals surface area contributed by atoms with Gasteiger partial charge in [0.25, 0.3) is 0 Å². The third-order valence-electron chi connectivity index (χ3n) is 4.65. The van der Waals surface area contributed by atoms with Gasteiger partial charge in [-0.15, -0.1) is 5.11 Å². The number of aromatic nitrogens is 1. The number of aryl methyl sites for hydroxylation is 2. The van der Waals surface area contributed by atoms with Gasteiger partial charge >= 0.3 is 0 Å². The lowest BCUT2D eigenvalue weighted by Gasteiger charge is -2.27. The third kappa shape index (κ3) is 2.92. The minimum absolute atomic E-state index is 0.162. The maximum absolute atomic E-state index is 10.8. The van der Waals surface area contributed by atoms with Crippen LogP contribution in [0.1, 0.15) is 17.2 Å². The van der Waals surface area contributed by atoms with Crippen molar-refractivity contribution in [3.63, 3.8) is 0 Å². The summed E-state index contributed by atoms with van der Waals surface area (Å²) in [5, 5.41) is 20.9. The molecule has 0 saturated carbocycles. The first kappa shape index (κ1) is 16.5. The molecule has 0 radical (unpaired) electrons. The van der Waals surface area contributed by atoms with Gasteiger partial charge in [0.1, 0.15) is 0 Å². The lowest BCUT2D eigenvalue weighted by atomic mass is 10.1. The number of thioether (sulfide) groups is 1. The van der Waals surface area contributed by atoms with Crippen LogP contribution in [-0.2, 0) is 0 Å². The second-order valence-electron chi connectivity index (χ2n) is 6.36.